The average Bonchev–Trinajstić information content (AvgIpc) is 3.55. The van der Waals surface area contributed by atoms with E-state index in [1.54, 1.807) is 0 Å². The number of aryl methyl sites for hydroxylation is 1. The molecule has 9 nitrogen and oxygen atoms in total. The predicted octanol–water partition coefficient (Wildman–Crippen LogP) is 2.69. The van der Waals surface area contributed by atoms with Gasteiger partial charge in [0.05, 0.1) is 29.7 Å². The van der Waals surface area contributed by atoms with Crippen molar-refractivity contribution in [1.29, 1.82) is 0 Å². The summed E-state index contributed by atoms with van der Waals surface area (Å²) in [5, 5.41) is 12.0. The molecule has 4 heterocycles. The third kappa shape index (κ3) is 4.74. The molecule has 2 saturated heterocycles. The van der Waals surface area contributed by atoms with Gasteiger partial charge < -0.3 is 20.3 Å². The lowest BCUT2D eigenvalue weighted by atomic mass is 10.0. The number of halogens is 3. The zero-order chi connectivity index (χ0) is 25.6. The Balaban J connectivity index is 1.29. The van der Waals surface area contributed by atoms with Crippen LogP contribution in [0.15, 0.2) is 22.4 Å². The van der Waals surface area contributed by atoms with Crippen LogP contribution in [0.4, 0.5) is 24.0 Å². The van der Waals surface area contributed by atoms with Crippen molar-refractivity contribution < 1.29 is 23.1 Å². The number of alkyl halides is 3. The Hall–Kier alpha value is -2.90. The molecular weight excluding hydrogens is 497 g/mol. The lowest BCUT2D eigenvalue weighted by Gasteiger charge is -2.26. The van der Waals surface area contributed by atoms with Gasteiger partial charge in [-0.2, -0.15) is 13.2 Å². The van der Waals surface area contributed by atoms with E-state index in [1.807, 2.05) is 24.0 Å². The Morgan fingerprint density at radius 1 is 1.33 bits per heavy atom. The topological polar surface area (TPSA) is 106 Å². The quantitative estimate of drug-likeness (QED) is 0.439. The number of thiazole rings is 1. The van der Waals surface area contributed by atoms with Gasteiger partial charge in [0.1, 0.15) is 11.4 Å². The summed E-state index contributed by atoms with van der Waals surface area (Å²) in [6, 6.07) is 4.18. The summed E-state index contributed by atoms with van der Waals surface area (Å²) in [6.45, 7) is 5.12. The molecule has 0 bridgehead atoms. The molecule has 13 heteroatoms. The van der Waals surface area contributed by atoms with Crippen molar-refractivity contribution in [1.82, 2.24) is 19.4 Å². The van der Waals surface area contributed by atoms with Crippen molar-refractivity contribution in [2.45, 2.75) is 45.1 Å². The van der Waals surface area contributed by atoms with Crippen LogP contribution in [0, 0.1) is 12.8 Å². The summed E-state index contributed by atoms with van der Waals surface area (Å²) < 4.78 is 39.2. The summed E-state index contributed by atoms with van der Waals surface area (Å²) in [5.41, 5.74) is 4.93. The number of carbonyl (C=O) groups is 1. The molecule has 0 aliphatic carbocycles. The number of nitrogens with zero attached hydrogens (tertiary/aromatic N) is 4. The SMILES string of the molecule is Cc1c(CN2CCC3CN(c4ncsc4NC(=O)CC(F)(F)F)CC32)ccc2c1[nH]c(=O)n2CCO. The van der Waals surface area contributed by atoms with Gasteiger partial charge >= 0.3 is 11.9 Å². The van der Waals surface area contributed by atoms with E-state index in [2.05, 4.69) is 20.2 Å². The molecule has 1 amide bonds. The average molecular weight is 525 g/mol. The van der Waals surface area contributed by atoms with Crippen LogP contribution in [0.2, 0.25) is 0 Å². The molecule has 1 aromatic carbocycles. The molecule has 3 N–H and O–H groups in total. The van der Waals surface area contributed by atoms with E-state index in [-0.39, 0.29) is 24.9 Å². The van der Waals surface area contributed by atoms with Crippen LogP contribution in [0.3, 0.4) is 0 Å². The molecule has 0 spiro atoms. The van der Waals surface area contributed by atoms with E-state index in [9.17, 15) is 27.9 Å². The summed E-state index contributed by atoms with van der Waals surface area (Å²) in [7, 11) is 0. The lowest BCUT2D eigenvalue weighted by Crippen LogP contribution is -2.35. The Kier molecular flexibility index (Phi) is 6.55. The number of nitrogens with one attached hydrogen (secondary N) is 2. The van der Waals surface area contributed by atoms with Gasteiger partial charge in [-0.3, -0.25) is 14.3 Å². The second-order valence-electron chi connectivity index (χ2n) is 9.39. The van der Waals surface area contributed by atoms with Crippen LogP contribution in [0.1, 0.15) is 24.0 Å². The second-order valence-corrected chi connectivity index (χ2v) is 10.2. The number of rotatable bonds is 7. The van der Waals surface area contributed by atoms with Crippen LogP contribution >= 0.6 is 11.3 Å². The maximum Gasteiger partial charge on any atom is 0.397 e. The Morgan fingerprint density at radius 3 is 2.89 bits per heavy atom. The largest absolute Gasteiger partial charge is 0.397 e. The molecule has 0 radical (unpaired) electrons. The van der Waals surface area contributed by atoms with Crippen molar-refractivity contribution in [2.75, 3.05) is 36.5 Å². The number of aromatic amines is 1. The van der Waals surface area contributed by atoms with E-state index in [1.165, 1.54) is 10.1 Å². The number of likely N-dealkylation sites (tertiary alicyclic amines) is 1. The monoisotopic (exact) mass is 524 g/mol. The highest BCUT2D eigenvalue weighted by molar-refractivity contribution is 7.14. The number of imidazole rings is 1. The first-order valence-electron chi connectivity index (χ1n) is 11.8. The molecule has 2 atom stereocenters. The van der Waals surface area contributed by atoms with Crippen molar-refractivity contribution in [3.63, 3.8) is 0 Å². The molecule has 194 valence electrons. The zero-order valence-electron chi connectivity index (χ0n) is 19.6. The zero-order valence-corrected chi connectivity index (χ0v) is 20.5. The van der Waals surface area contributed by atoms with Crippen LogP contribution < -0.4 is 15.9 Å². The smallest absolute Gasteiger partial charge is 0.395 e. The molecule has 0 saturated carbocycles. The number of benzene rings is 1. The summed E-state index contributed by atoms with van der Waals surface area (Å²) in [4.78, 5) is 35.8. The van der Waals surface area contributed by atoms with E-state index in [0.29, 0.717) is 29.8 Å². The summed E-state index contributed by atoms with van der Waals surface area (Å²) in [5.74, 6) is -0.184. The van der Waals surface area contributed by atoms with Crippen molar-refractivity contribution in [3.05, 3.63) is 39.3 Å². The molecule has 2 aliphatic heterocycles. The minimum Gasteiger partial charge on any atom is -0.395 e. The van der Waals surface area contributed by atoms with E-state index >= 15 is 0 Å². The number of fused-ring (bicyclic) bond motifs is 2. The number of carbonyl (C=O) groups excluding carboxylic acids is 1. The number of aromatic nitrogens is 3. The van der Waals surface area contributed by atoms with E-state index in [0.717, 1.165) is 53.0 Å². The fourth-order valence-electron chi connectivity index (χ4n) is 5.44. The number of H-pyrrole nitrogens is 1. The van der Waals surface area contributed by atoms with Crippen LogP contribution in [-0.4, -0.2) is 68.9 Å². The predicted molar refractivity (Wildman–Crippen MR) is 130 cm³/mol. The van der Waals surface area contributed by atoms with Crippen LogP contribution in [0.5, 0.6) is 0 Å². The Morgan fingerprint density at radius 2 is 2.14 bits per heavy atom. The van der Waals surface area contributed by atoms with Gasteiger partial charge in [-0.05, 0) is 43.0 Å². The number of hydrogen-bond acceptors (Lipinski definition) is 7. The molecule has 36 heavy (non-hydrogen) atoms. The van der Waals surface area contributed by atoms with E-state index in [4.69, 9.17) is 0 Å². The normalized spacial score (nSPS) is 20.4. The van der Waals surface area contributed by atoms with Crippen LogP contribution in [-0.2, 0) is 17.9 Å². The number of hydrogen-bond donors (Lipinski definition) is 3. The van der Waals surface area contributed by atoms with Gasteiger partial charge in [0.2, 0.25) is 5.91 Å². The molecule has 2 aromatic heterocycles. The number of anilines is 2. The number of aliphatic hydroxyl groups is 1. The summed E-state index contributed by atoms with van der Waals surface area (Å²) in [6.07, 6.45) is -5.09. The lowest BCUT2D eigenvalue weighted by molar-refractivity contribution is -0.150. The molecule has 2 aliphatic rings. The highest BCUT2D eigenvalue weighted by Crippen LogP contribution is 2.39. The second kappa shape index (κ2) is 9.52. The first kappa shape index (κ1) is 24.8. The van der Waals surface area contributed by atoms with Gasteiger partial charge in [0.15, 0.2) is 5.82 Å². The van der Waals surface area contributed by atoms with Crippen molar-refractivity contribution in [3.8, 4) is 0 Å². The molecule has 2 fully saturated rings. The van der Waals surface area contributed by atoms with Crippen LogP contribution in [0.25, 0.3) is 11.0 Å². The first-order valence-corrected chi connectivity index (χ1v) is 12.6. The van der Waals surface area contributed by atoms with Gasteiger partial charge in [0, 0.05) is 25.7 Å². The summed E-state index contributed by atoms with van der Waals surface area (Å²) >= 11 is 1.12. The third-order valence-electron chi connectivity index (χ3n) is 7.14. The number of amides is 1. The van der Waals surface area contributed by atoms with Crippen molar-refractivity contribution >= 4 is 39.1 Å². The molecule has 2 unspecified atom stereocenters. The maximum absolute atomic E-state index is 12.6. The third-order valence-corrected chi connectivity index (χ3v) is 7.88. The highest BCUT2D eigenvalue weighted by atomic mass is 32.1. The molecular formula is C23H27F3N6O3S. The van der Waals surface area contributed by atoms with Crippen molar-refractivity contribution in [2.24, 2.45) is 5.92 Å². The fraction of sp³-hybridized carbons (Fsp3) is 0.522. The Labute approximate surface area is 208 Å². The van der Waals surface area contributed by atoms with Gasteiger partial charge in [-0.15, -0.1) is 11.3 Å². The minimum absolute atomic E-state index is 0.117. The van der Waals surface area contributed by atoms with Gasteiger partial charge in [-0.1, -0.05) is 6.07 Å². The van der Waals surface area contributed by atoms with Gasteiger partial charge in [-0.25, -0.2) is 9.78 Å². The first-order chi connectivity index (χ1) is 17.1. The Bertz CT molecular complexity index is 1330. The van der Waals surface area contributed by atoms with Gasteiger partial charge in [0.25, 0.3) is 0 Å². The standard InChI is InChI=1S/C23H27F3N6O3S/c1-13-14(2-3-16-19(13)29-22(35)32(16)6-7-33)9-30-5-4-15-10-31(11-17(15)30)20-21(36-12-27-20)28-18(34)8-23(24,25)26/h2-3,12,15,17,33H,4-11H2,1H3,(H,28,34)(H,29,35). The highest BCUT2D eigenvalue weighted by Gasteiger charge is 2.42. The maximum atomic E-state index is 12.6. The minimum atomic E-state index is -4.56. The number of aliphatic hydroxyl groups excluding tert-OH is 1. The van der Waals surface area contributed by atoms with E-state index < -0.39 is 18.5 Å². The molecule has 3 aromatic rings. The fourth-order valence-corrected chi connectivity index (χ4v) is 6.16. The molecule has 5 rings (SSSR count).